The Morgan fingerprint density at radius 2 is 2.19 bits per heavy atom. The van der Waals surface area contributed by atoms with Crippen LogP contribution in [0, 0.1) is 5.92 Å². The lowest BCUT2D eigenvalue weighted by molar-refractivity contribution is 0.483. The maximum atomic E-state index is 5.25. The van der Waals surface area contributed by atoms with Gasteiger partial charge in [-0.2, -0.15) is 4.98 Å². The van der Waals surface area contributed by atoms with Crippen LogP contribution in [0.25, 0.3) is 0 Å². The molecule has 0 amide bonds. The molecule has 0 radical (unpaired) electrons. The van der Waals surface area contributed by atoms with Gasteiger partial charge in [0.25, 0.3) is 0 Å². The van der Waals surface area contributed by atoms with Gasteiger partial charge < -0.3 is 5.32 Å². The maximum Gasteiger partial charge on any atom is 0.239 e. The second kappa shape index (κ2) is 6.27. The molecule has 0 fully saturated rings. The van der Waals surface area contributed by atoms with Gasteiger partial charge in [-0.1, -0.05) is 20.3 Å². The molecule has 0 aromatic carbocycles. The molecule has 0 saturated heterocycles. The summed E-state index contributed by atoms with van der Waals surface area (Å²) in [6, 6.07) is 2.24. The molecule has 1 aromatic heterocycles. The summed E-state index contributed by atoms with van der Waals surface area (Å²) in [5.41, 5.74) is 2.43. The third-order valence-electron chi connectivity index (χ3n) is 2.63. The summed E-state index contributed by atoms with van der Waals surface area (Å²) in [7, 11) is 0. The van der Waals surface area contributed by atoms with Gasteiger partial charge in [0, 0.05) is 12.2 Å². The van der Waals surface area contributed by atoms with Crippen molar-refractivity contribution in [2.75, 3.05) is 10.7 Å². The zero-order chi connectivity index (χ0) is 12.0. The van der Waals surface area contributed by atoms with Gasteiger partial charge in [0.15, 0.2) is 0 Å². The summed E-state index contributed by atoms with van der Waals surface area (Å²) in [5.74, 6) is 7.20. The number of aromatic nitrogens is 2. The van der Waals surface area contributed by atoms with Crippen molar-refractivity contribution in [3.05, 3.63) is 12.3 Å². The third-order valence-corrected chi connectivity index (χ3v) is 2.63. The monoisotopic (exact) mass is 223 g/mol. The smallest absolute Gasteiger partial charge is 0.239 e. The minimum Gasteiger partial charge on any atom is -0.367 e. The predicted octanol–water partition coefficient (Wildman–Crippen LogP) is 2.00. The van der Waals surface area contributed by atoms with Crippen molar-refractivity contribution in [2.24, 2.45) is 11.8 Å². The Bertz CT molecular complexity index is 315. The molecule has 16 heavy (non-hydrogen) atoms. The van der Waals surface area contributed by atoms with E-state index in [0.717, 1.165) is 18.2 Å². The van der Waals surface area contributed by atoms with Crippen LogP contribution >= 0.6 is 0 Å². The van der Waals surface area contributed by atoms with Crippen LogP contribution in [0.4, 0.5) is 11.8 Å². The molecule has 1 aromatic rings. The van der Waals surface area contributed by atoms with E-state index in [2.05, 4.69) is 41.5 Å². The zero-order valence-corrected chi connectivity index (χ0v) is 10.2. The Hall–Kier alpha value is -1.36. The van der Waals surface area contributed by atoms with Gasteiger partial charge in [0.1, 0.15) is 5.82 Å². The molecule has 0 aliphatic heterocycles. The first-order valence-electron chi connectivity index (χ1n) is 5.71. The van der Waals surface area contributed by atoms with E-state index in [-0.39, 0.29) is 0 Å². The summed E-state index contributed by atoms with van der Waals surface area (Å²) >= 11 is 0. The van der Waals surface area contributed by atoms with E-state index in [1.807, 2.05) is 6.07 Å². The minimum atomic E-state index is 0.399. The Morgan fingerprint density at radius 1 is 1.44 bits per heavy atom. The van der Waals surface area contributed by atoms with E-state index in [1.165, 1.54) is 6.42 Å². The highest BCUT2D eigenvalue weighted by atomic mass is 15.3. The van der Waals surface area contributed by atoms with E-state index in [4.69, 9.17) is 5.84 Å². The number of nitrogen functional groups attached to an aromatic ring is 1. The van der Waals surface area contributed by atoms with Crippen molar-refractivity contribution < 1.29 is 0 Å². The average Bonchev–Trinajstić information content (AvgIpc) is 2.28. The lowest BCUT2D eigenvalue weighted by Gasteiger charge is -2.18. The van der Waals surface area contributed by atoms with Crippen molar-refractivity contribution in [1.82, 2.24) is 9.97 Å². The van der Waals surface area contributed by atoms with Crippen LogP contribution in [0.15, 0.2) is 12.3 Å². The van der Waals surface area contributed by atoms with Gasteiger partial charge in [-0.15, -0.1) is 0 Å². The van der Waals surface area contributed by atoms with E-state index in [9.17, 15) is 0 Å². The normalized spacial score (nSPS) is 14.2. The van der Waals surface area contributed by atoms with Gasteiger partial charge in [-0.3, -0.25) is 5.43 Å². The first-order chi connectivity index (χ1) is 7.65. The van der Waals surface area contributed by atoms with Crippen LogP contribution in [0.3, 0.4) is 0 Å². The number of nitrogens with zero attached hydrogens (tertiary/aromatic N) is 2. The van der Waals surface area contributed by atoms with Crippen LogP contribution < -0.4 is 16.6 Å². The summed E-state index contributed by atoms with van der Waals surface area (Å²) in [4.78, 5) is 8.16. The van der Waals surface area contributed by atoms with Gasteiger partial charge in [0.05, 0.1) is 0 Å². The molecule has 2 unspecified atom stereocenters. The molecule has 4 N–H and O–H groups in total. The van der Waals surface area contributed by atoms with Gasteiger partial charge >= 0.3 is 0 Å². The van der Waals surface area contributed by atoms with Crippen LogP contribution in [0.1, 0.15) is 33.6 Å². The highest BCUT2D eigenvalue weighted by molar-refractivity contribution is 5.39. The fraction of sp³-hybridized carbons (Fsp3) is 0.636. The molecule has 0 aliphatic carbocycles. The largest absolute Gasteiger partial charge is 0.367 e. The highest BCUT2D eigenvalue weighted by Crippen LogP contribution is 2.13. The van der Waals surface area contributed by atoms with Crippen molar-refractivity contribution in [3.63, 3.8) is 0 Å². The van der Waals surface area contributed by atoms with Crippen molar-refractivity contribution in [1.29, 1.82) is 0 Å². The molecule has 90 valence electrons. The summed E-state index contributed by atoms with van der Waals surface area (Å²) in [6.45, 7) is 6.62. The number of hydrazine groups is 1. The standard InChI is InChI=1S/C11H21N5/c1-4-8(2)7-9(3)14-10-5-6-13-11(15-10)16-12/h5-6,8-9H,4,7,12H2,1-3H3,(H2,13,14,15,16). The minimum absolute atomic E-state index is 0.399. The van der Waals surface area contributed by atoms with E-state index in [1.54, 1.807) is 6.20 Å². The fourth-order valence-corrected chi connectivity index (χ4v) is 1.59. The molecule has 5 heteroatoms. The van der Waals surface area contributed by atoms with Gasteiger partial charge in [-0.05, 0) is 25.3 Å². The molecule has 1 heterocycles. The molecule has 2 atom stereocenters. The van der Waals surface area contributed by atoms with E-state index in [0.29, 0.717) is 12.0 Å². The second-order valence-electron chi connectivity index (χ2n) is 4.20. The quantitative estimate of drug-likeness (QED) is 0.508. The highest BCUT2D eigenvalue weighted by Gasteiger charge is 2.07. The Labute approximate surface area is 96.8 Å². The SMILES string of the molecule is CCC(C)CC(C)Nc1ccnc(NN)n1. The summed E-state index contributed by atoms with van der Waals surface area (Å²) in [5, 5.41) is 3.34. The lowest BCUT2D eigenvalue weighted by atomic mass is 10.0. The molecule has 0 bridgehead atoms. The van der Waals surface area contributed by atoms with Crippen molar-refractivity contribution in [2.45, 2.75) is 39.7 Å². The Kier molecular flexibility index (Phi) is 4.98. The average molecular weight is 223 g/mol. The Morgan fingerprint density at radius 3 is 2.81 bits per heavy atom. The van der Waals surface area contributed by atoms with Crippen LogP contribution in [-0.4, -0.2) is 16.0 Å². The first kappa shape index (κ1) is 12.7. The number of anilines is 2. The topological polar surface area (TPSA) is 75.9 Å². The first-order valence-corrected chi connectivity index (χ1v) is 5.71. The van der Waals surface area contributed by atoms with Crippen LogP contribution in [0.5, 0.6) is 0 Å². The number of nitrogens with one attached hydrogen (secondary N) is 2. The van der Waals surface area contributed by atoms with Gasteiger partial charge in [0.2, 0.25) is 5.95 Å². The fourth-order valence-electron chi connectivity index (χ4n) is 1.59. The number of nitrogens with two attached hydrogens (primary N) is 1. The Balaban J connectivity index is 2.51. The molecule has 5 nitrogen and oxygen atoms in total. The zero-order valence-electron chi connectivity index (χ0n) is 10.2. The lowest BCUT2D eigenvalue weighted by Crippen LogP contribution is -2.20. The molecule has 0 aliphatic rings. The van der Waals surface area contributed by atoms with Crippen LogP contribution in [0.2, 0.25) is 0 Å². The number of hydrogen-bond donors (Lipinski definition) is 3. The van der Waals surface area contributed by atoms with Gasteiger partial charge in [-0.25, -0.2) is 10.8 Å². The summed E-state index contributed by atoms with van der Waals surface area (Å²) < 4.78 is 0. The van der Waals surface area contributed by atoms with Crippen LogP contribution in [-0.2, 0) is 0 Å². The number of hydrogen-bond acceptors (Lipinski definition) is 5. The molecule has 1 rings (SSSR count). The third kappa shape index (κ3) is 4.02. The van der Waals surface area contributed by atoms with Crippen molar-refractivity contribution >= 4 is 11.8 Å². The van der Waals surface area contributed by atoms with Crippen molar-refractivity contribution in [3.8, 4) is 0 Å². The maximum absolute atomic E-state index is 5.25. The number of rotatable bonds is 6. The molecule has 0 spiro atoms. The van der Waals surface area contributed by atoms with E-state index >= 15 is 0 Å². The molecular formula is C11H21N5. The van der Waals surface area contributed by atoms with E-state index < -0.39 is 0 Å². The second-order valence-corrected chi connectivity index (χ2v) is 4.20. The summed E-state index contributed by atoms with van der Waals surface area (Å²) in [6.07, 6.45) is 4.01. The molecule has 0 saturated carbocycles. The predicted molar refractivity (Wildman–Crippen MR) is 67.0 cm³/mol. The molecular weight excluding hydrogens is 202 g/mol.